The van der Waals surface area contributed by atoms with Crippen LogP contribution in [0.1, 0.15) is 47.3 Å². The van der Waals surface area contributed by atoms with Crippen LogP contribution in [0.2, 0.25) is 0 Å². The molecule has 0 bridgehead atoms. The highest BCUT2D eigenvalue weighted by molar-refractivity contribution is 7.99. The van der Waals surface area contributed by atoms with Gasteiger partial charge >= 0.3 is 0 Å². The van der Waals surface area contributed by atoms with Gasteiger partial charge in [0.1, 0.15) is 12.1 Å². The van der Waals surface area contributed by atoms with E-state index in [-0.39, 0.29) is 11.9 Å². The van der Waals surface area contributed by atoms with Crippen molar-refractivity contribution in [2.75, 3.05) is 18.0 Å². The van der Waals surface area contributed by atoms with Gasteiger partial charge in [0, 0.05) is 35.3 Å². The average molecular weight is 419 g/mol. The van der Waals surface area contributed by atoms with E-state index in [4.69, 9.17) is 0 Å². The quantitative estimate of drug-likeness (QED) is 0.742. The van der Waals surface area contributed by atoms with Crippen LogP contribution in [0.5, 0.6) is 0 Å². The fourth-order valence-corrected chi connectivity index (χ4v) is 4.76. The second kappa shape index (κ2) is 9.07. The first kappa shape index (κ1) is 20.1. The predicted octanol–water partition coefficient (Wildman–Crippen LogP) is 4.07. The lowest BCUT2D eigenvalue weighted by Gasteiger charge is -2.35. The first-order valence-corrected chi connectivity index (χ1v) is 10.9. The fraction of sp³-hybridized carbons (Fsp3) is 0.476. The summed E-state index contributed by atoms with van der Waals surface area (Å²) in [5.41, 5.74) is 2.76. The van der Waals surface area contributed by atoms with Crippen molar-refractivity contribution >= 4 is 23.5 Å². The Kier molecular flexibility index (Phi) is 6.28. The smallest absolute Gasteiger partial charge is 0.288 e. The molecular weight excluding hydrogens is 394 g/mol. The highest BCUT2D eigenvalue weighted by atomic mass is 32.2. The van der Waals surface area contributed by atoms with E-state index in [0.717, 1.165) is 44.6 Å². The number of nitrogens with one attached hydrogen (secondary N) is 1. The van der Waals surface area contributed by atoms with Crippen molar-refractivity contribution in [2.24, 2.45) is 0 Å². The number of benzene rings is 1. The number of carbonyl (C=O) groups is 1. The summed E-state index contributed by atoms with van der Waals surface area (Å²) >= 11 is 0.410. The van der Waals surface area contributed by atoms with Gasteiger partial charge in [-0.25, -0.2) is 9.97 Å². The lowest BCUT2D eigenvalue weighted by molar-refractivity contribution is 0.0928. The molecule has 0 atom stereocenters. The number of piperidine rings is 1. The number of carbonyl (C=O) groups excluding carboxylic acids is 1. The molecular formula is C21H24F2N4OS. The van der Waals surface area contributed by atoms with Gasteiger partial charge in [-0.3, -0.25) is 4.79 Å². The van der Waals surface area contributed by atoms with Gasteiger partial charge in [0.15, 0.2) is 0 Å². The lowest BCUT2D eigenvalue weighted by Crippen LogP contribution is -2.45. The normalized spacial score (nSPS) is 17.3. The Bertz CT molecular complexity index is 872. The van der Waals surface area contributed by atoms with Crippen LogP contribution in [-0.4, -0.2) is 40.8 Å². The van der Waals surface area contributed by atoms with E-state index in [9.17, 15) is 13.6 Å². The highest BCUT2D eigenvalue weighted by Gasteiger charge is 2.26. The minimum atomic E-state index is -2.55. The summed E-state index contributed by atoms with van der Waals surface area (Å²) in [7, 11) is 0. The maximum Gasteiger partial charge on any atom is 0.288 e. The molecule has 1 saturated heterocycles. The number of fused-ring (bicyclic) bond motifs is 1. The van der Waals surface area contributed by atoms with E-state index >= 15 is 0 Å². The van der Waals surface area contributed by atoms with Gasteiger partial charge in [-0.05, 0) is 50.7 Å². The van der Waals surface area contributed by atoms with Crippen molar-refractivity contribution in [3.63, 3.8) is 0 Å². The molecule has 1 fully saturated rings. The SMILES string of the molecule is O=C(NC1CCN(c2ncnc3c2CCCC3)CC1)c1ccccc1SC(F)F. The number of aromatic nitrogens is 2. The van der Waals surface area contributed by atoms with Gasteiger partial charge < -0.3 is 10.2 Å². The number of hydrogen-bond donors (Lipinski definition) is 1. The topological polar surface area (TPSA) is 58.1 Å². The van der Waals surface area contributed by atoms with E-state index in [1.54, 1.807) is 30.6 Å². The molecule has 154 valence electrons. The van der Waals surface area contributed by atoms with Gasteiger partial charge in [0.25, 0.3) is 11.7 Å². The van der Waals surface area contributed by atoms with Crippen molar-refractivity contribution in [1.29, 1.82) is 0 Å². The second-order valence-corrected chi connectivity index (χ2v) is 8.47. The Balaban J connectivity index is 1.38. The fourth-order valence-electron chi connectivity index (χ4n) is 4.13. The third-order valence-corrected chi connectivity index (χ3v) is 6.37. The average Bonchev–Trinajstić information content (AvgIpc) is 2.74. The number of amides is 1. The molecule has 2 aliphatic rings. The number of alkyl halides is 2. The van der Waals surface area contributed by atoms with Crippen molar-refractivity contribution < 1.29 is 13.6 Å². The molecule has 29 heavy (non-hydrogen) atoms. The summed E-state index contributed by atoms with van der Waals surface area (Å²) in [6, 6.07) is 6.56. The van der Waals surface area contributed by atoms with Crippen molar-refractivity contribution in [1.82, 2.24) is 15.3 Å². The highest BCUT2D eigenvalue weighted by Crippen LogP contribution is 2.30. The molecule has 0 saturated carbocycles. The summed E-state index contributed by atoms with van der Waals surface area (Å²) in [5.74, 6) is -1.80. The Morgan fingerprint density at radius 2 is 1.90 bits per heavy atom. The molecule has 1 amide bonds. The minimum absolute atomic E-state index is 0.0287. The zero-order chi connectivity index (χ0) is 20.2. The van der Waals surface area contributed by atoms with Crippen molar-refractivity contribution in [3.05, 3.63) is 47.4 Å². The van der Waals surface area contributed by atoms with Crippen LogP contribution in [0.15, 0.2) is 35.5 Å². The number of thioether (sulfide) groups is 1. The molecule has 8 heteroatoms. The summed E-state index contributed by atoms with van der Waals surface area (Å²) in [6.45, 7) is 1.61. The minimum Gasteiger partial charge on any atom is -0.356 e. The van der Waals surface area contributed by atoms with Crippen LogP contribution < -0.4 is 10.2 Å². The maximum absolute atomic E-state index is 12.8. The van der Waals surface area contributed by atoms with Crippen LogP contribution in [0.3, 0.4) is 0 Å². The lowest BCUT2D eigenvalue weighted by atomic mass is 9.95. The van der Waals surface area contributed by atoms with Crippen LogP contribution >= 0.6 is 11.8 Å². The van der Waals surface area contributed by atoms with Crippen LogP contribution in [0.25, 0.3) is 0 Å². The molecule has 1 N–H and O–H groups in total. The Morgan fingerprint density at radius 3 is 2.69 bits per heavy atom. The summed E-state index contributed by atoms with van der Waals surface area (Å²) in [4.78, 5) is 24.2. The van der Waals surface area contributed by atoms with E-state index in [1.165, 1.54) is 24.1 Å². The first-order chi connectivity index (χ1) is 14.1. The first-order valence-electron chi connectivity index (χ1n) is 10.0. The van der Waals surface area contributed by atoms with Crippen molar-refractivity contribution in [2.45, 2.75) is 55.2 Å². The second-order valence-electron chi connectivity index (χ2n) is 7.44. The number of hydrogen-bond acceptors (Lipinski definition) is 5. The number of anilines is 1. The maximum atomic E-state index is 12.8. The third-order valence-electron chi connectivity index (χ3n) is 5.58. The van der Waals surface area contributed by atoms with Gasteiger partial charge in [-0.15, -0.1) is 0 Å². The Morgan fingerprint density at radius 1 is 1.14 bits per heavy atom. The van der Waals surface area contributed by atoms with Crippen LogP contribution in [0, 0.1) is 0 Å². The molecule has 4 rings (SSSR count). The van der Waals surface area contributed by atoms with Gasteiger partial charge in [-0.1, -0.05) is 23.9 Å². The third kappa shape index (κ3) is 4.69. The molecule has 2 aromatic rings. The van der Waals surface area contributed by atoms with E-state index in [2.05, 4.69) is 20.2 Å². The molecule has 0 spiro atoms. The monoisotopic (exact) mass is 418 g/mol. The summed E-state index contributed by atoms with van der Waals surface area (Å²) < 4.78 is 25.5. The number of halogens is 2. The van der Waals surface area contributed by atoms with Crippen molar-refractivity contribution in [3.8, 4) is 0 Å². The van der Waals surface area contributed by atoms with Crippen LogP contribution in [-0.2, 0) is 12.8 Å². The van der Waals surface area contributed by atoms with Gasteiger partial charge in [-0.2, -0.15) is 8.78 Å². The molecule has 1 aromatic carbocycles. The Labute approximate surface area is 173 Å². The molecule has 1 aliphatic heterocycles. The Hall–Kier alpha value is -2.22. The number of rotatable bonds is 5. The standard InChI is InChI=1S/C21H24F2N4OS/c22-21(23)29-18-8-4-2-6-16(18)20(28)26-14-9-11-27(12-10-14)19-15-5-1-3-7-17(15)24-13-25-19/h2,4,6,8,13-14,21H,1,3,5,7,9-12H2,(H,26,28). The molecule has 1 aliphatic carbocycles. The molecule has 2 heterocycles. The summed E-state index contributed by atoms with van der Waals surface area (Å²) in [5, 5.41) is 3.03. The molecule has 5 nitrogen and oxygen atoms in total. The van der Waals surface area contributed by atoms with Gasteiger partial charge in [0.2, 0.25) is 0 Å². The number of nitrogens with zero attached hydrogens (tertiary/aromatic N) is 3. The van der Waals surface area contributed by atoms with E-state index < -0.39 is 5.76 Å². The molecule has 0 radical (unpaired) electrons. The van der Waals surface area contributed by atoms with Crippen LogP contribution in [0.4, 0.5) is 14.6 Å². The zero-order valence-electron chi connectivity index (χ0n) is 16.1. The van der Waals surface area contributed by atoms with E-state index in [1.807, 2.05) is 0 Å². The zero-order valence-corrected chi connectivity index (χ0v) is 16.9. The van der Waals surface area contributed by atoms with Gasteiger partial charge in [0.05, 0.1) is 5.56 Å². The largest absolute Gasteiger partial charge is 0.356 e. The number of aryl methyl sites for hydroxylation is 1. The molecule has 0 unspecified atom stereocenters. The van der Waals surface area contributed by atoms with E-state index in [0.29, 0.717) is 22.2 Å². The predicted molar refractivity (Wildman–Crippen MR) is 110 cm³/mol. The molecule has 1 aromatic heterocycles. The summed E-state index contributed by atoms with van der Waals surface area (Å²) in [6.07, 6.45) is 7.67.